The van der Waals surface area contributed by atoms with Crippen LogP contribution in [0.1, 0.15) is 5.56 Å². The van der Waals surface area contributed by atoms with Gasteiger partial charge in [-0.3, -0.25) is 4.21 Å². The third kappa shape index (κ3) is 3.24. The lowest BCUT2D eigenvalue weighted by atomic mass is 10.2. The van der Waals surface area contributed by atoms with Gasteiger partial charge in [0.15, 0.2) is 0 Å². The number of methoxy groups -OCH3 is 1. The van der Waals surface area contributed by atoms with Crippen molar-refractivity contribution in [2.75, 3.05) is 7.11 Å². The first-order chi connectivity index (χ1) is 8.19. The summed E-state index contributed by atoms with van der Waals surface area (Å²) in [6, 6.07) is 7.44. The van der Waals surface area contributed by atoms with Gasteiger partial charge in [-0.2, -0.15) is 9.36 Å². The van der Waals surface area contributed by atoms with Gasteiger partial charge in [0.1, 0.15) is 5.75 Å². The van der Waals surface area contributed by atoms with E-state index in [1.165, 1.54) is 0 Å². The van der Waals surface area contributed by atoms with Crippen LogP contribution in [0.5, 0.6) is 5.75 Å². The molecular formula is C10H9ClN2O2S2. The fourth-order valence-electron chi connectivity index (χ4n) is 1.26. The largest absolute Gasteiger partial charge is 0.497 e. The van der Waals surface area contributed by atoms with E-state index < -0.39 is 10.8 Å². The predicted molar refractivity (Wildman–Crippen MR) is 68.0 cm³/mol. The van der Waals surface area contributed by atoms with Crippen LogP contribution < -0.4 is 4.74 Å². The molecule has 0 saturated carbocycles. The van der Waals surface area contributed by atoms with Crippen molar-refractivity contribution in [3.05, 3.63) is 35.1 Å². The lowest BCUT2D eigenvalue weighted by molar-refractivity contribution is 0.414. The molecule has 0 fully saturated rings. The molecule has 90 valence electrons. The zero-order chi connectivity index (χ0) is 12.3. The van der Waals surface area contributed by atoms with Crippen LogP contribution >= 0.6 is 23.1 Å². The highest BCUT2D eigenvalue weighted by Crippen LogP contribution is 2.19. The summed E-state index contributed by atoms with van der Waals surface area (Å²) < 4.78 is 21.3. The molecule has 1 aromatic heterocycles. The Labute approximate surface area is 110 Å². The highest BCUT2D eigenvalue weighted by atomic mass is 35.5. The topological polar surface area (TPSA) is 52.1 Å². The minimum atomic E-state index is -1.22. The summed E-state index contributed by atoms with van der Waals surface area (Å²) in [4.78, 5) is 3.89. The Kier molecular flexibility index (Phi) is 4.09. The number of hydrogen-bond acceptors (Lipinski definition) is 5. The summed E-state index contributed by atoms with van der Waals surface area (Å²) in [7, 11) is 0.379. The van der Waals surface area contributed by atoms with E-state index in [0.717, 1.165) is 22.8 Å². The zero-order valence-corrected chi connectivity index (χ0v) is 11.3. The smallest absolute Gasteiger partial charge is 0.235 e. The molecule has 0 unspecified atom stereocenters. The summed E-state index contributed by atoms with van der Waals surface area (Å²) in [5, 5.41) is 0.143. The SMILES string of the molecule is COc1cccc(C[S@](=O)c2nc(Cl)ns2)c1. The van der Waals surface area contributed by atoms with Gasteiger partial charge < -0.3 is 4.74 Å². The van der Waals surface area contributed by atoms with Crippen LogP contribution in [0.15, 0.2) is 28.6 Å². The van der Waals surface area contributed by atoms with E-state index in [9.17, 15) is 4.21 Å². The van der Waals surface area contributed by atoms with Crippen LogP contribution in [-0.2, 0) is 16.6 Å². The molecule has 0 aliphatic heterocycles. The molecule has 0 N–H and O–H groups in total. The second-order valence-electron chi connectivity index (χ2n) is 3.17. The average molecular weight is 289 g/mol. The number of rotatable bonds is 4. The maximum atomic E-state index is 11.9. The van der Waals surface area contributed by atoms with Gasteiger partial charge >= 0.3 is 0 Å². The van der Waals surface area contributed by atoms with Crippen molar-refractivity contribution in [1.82, 2.24) is 9.36 Å². The van der Waals surface area contributed by atoms with Gasteiger partial charge in [0.25, 0.3) is 0 Å². The molecule has 0 spiro atoms. The Bertz CT molecular complexity index is 545. The zero-order valence-electron chi connectivity index (χ0n) is 8.92. The molecule has 2 rings (SSSR count). The summed E-state index contributed by atoms with van der Waals surface area (Å²) in [6.45, 7) is 0. The van der Waals surface area contributed by atoms with Gasteiger partial charge in [0.2, 0.25) is 9.62 Å². The Hall–Kier alpha value is -0.980. The average Bonchev–Trinajstić information content (AvgIpc) is 2.76. The second kappa shape index (κ2) is 5.57. The van der Waals surface area contributed by atoms with E-state index in [1.54, 1.807) is 7.11 Å². The molecule has 0 bridgehead atoms. The van der Waals surface area contributed by atoms with E-state index >= 15 is 0 Å². The van der Waals surface area contributed by atoms with E-state index in [4.69, 9.17) is 16.3 Å². The van der Waals surface area contributed by atoms with Crippen LogP contribution in [-0.4, -0.2) is 20.7 Å². The molecule has 0 amide bonds. The Balaban J connectivity index is 2.12. The van der Waals surface area contributed by atoms with Gasteiger partial charge in [-0.05, 0) is 40.8 Å². The van der Waals surface area contributed by atoms with E-state index in [2.05, 4.69) is 9.36 Å². The van der Waals surface area contributed by atoms with Gasteiger partial charge in [-0.25, -0.2) is 0 Å². The third-order valence-corrected chi connectivity index (χ3v) is 4.65. The first-order valence-corrected chi connectivity index (χ1v) is 7.16. The first-order valence-electron chi connectivity index (χ1n) is 4.69. The van der Waals surface area contributed by atoms with Crippen molar-refractivity contribution in [1.29, 1.82) is 0 Å². The second-order valence-corrected chi connectivity index (χ2v) is 5.89. The van der Waals surface area contributed by atoms with E-state index in [0.29, 0.717) is 10.1 Å². The van der Waals surface area contributed by atoms with Gasteiger partial charge in [-0.1, -0.05) is 12.1 Å². The van der Waals surface area contributed by atoms with Crippen molar-refractivity contribution >= 4 is 33.9 Å². The fraction of sp³-hybridized carbons (Fsp3) is 0.200. The molecule has 0 saturated heterocycles. The number of nitrogens with zero attached hydrogens (tertiary/aromatic N) is 2. The monoisotopic (exact) mass is 288 g/mol. The minimum Gasteiger partial charge on any atom is -0.497 e. The Morgan fingerprint density at radius 1 is 1.53 bits per heavy atom. The summed E-state index contributed by atoms with van der Waals surface area (Å²) in [5.74, 6) is 1.12. The first kappa shape index (κ1) is 12.5. The van der Waals surface area contributed by atoms with Crippen molar-refractivity contribution < 1.29 is 8.95 Å². The van der Waals surface area contributed by atoms with Crippen molar-refractivity contribution in [3.63, 3.8) is 0 Å². The molecule has 1 aromatic carbocycles. The lowest BCUT2D eigenvalue weighted by Gasteiger charge is -2.02. The Morgan fingerprint density at radius 2 is 2.35 bits per heavy atom. The Morgan fingerprint density at radius 3 is 3.00 bits per heavy atom. The van der Waals surface area contributed by atoms with Crippen LogP contribution in [0.2, 0.25) is 5.28 Å². The maximum absolute atomic E-state index is 11.9. The van der Waals surface area contributed by atoms with Crippen LogP contribution in [0.4, 0.5) is 0 Å². The van der Waals surface area contributed by atoms with Crippen molar-refractivity contribution in [2.24, 2.45) is 0 Å². The van der Waals surface area contributed by atoms with Crippen LogP contribution in [0, 0.1) is 0 Å². The van der Waals surface area contributed by atoms with Gasteiger partial charge in [0.05, 0.1) is 23.7 Å². The quantitative estimate of drug-likeness (QED) is 0.867. The summed E-state index contributed by atoms with van der Waals surface area (Å²) >= 11 is 6.65. The van der Waals surface area contributed by atoms with Crippen molar-refractivity contribution in [3.8, 4) is 5.75 Å². The maximum Gasteiger partial charge on any atom is 0.235 e. The normalized spacial score (nSPS) is 12.4. The van der Waals surface area contributed by atoms with E-state index in [-0.39, 0.29) is 5.28 Å². The molecular weight excluding hydrogens is 280 g/mol. The standard InChI is InChI=1S/C10H9ClN2O2S2/c1-15-8-4-2-3-7(5-8)6-17(14)10-12-9(11)13-16-10/h2-5H,6H2,1H3/t17-/m0/s1. The number of hydrogen-bond donors (Lipinski definition) is 0. The highest BCUT2D eigenvalue weighted by Gasteiger charge is 2.11. The van der Waals surface area contributed by atoms with Gasteiger partial charge in [-0.15, -0.1) is 0 Å². The molecule has 0 aliphatic rings. The molecule has 4 nitrogen and oxygen atoms in total. The van der Waals surface area contributed by atoms with Crippen molar-refractivity contribution in [2.45, 2.75) is 10.1 Å². The summed E-state index contributed by atoms with van der Waals surface area (Å²) in [6.07, 6.45) is 0. The molecule has 2 aromatic rings. The number of halogens is 1. The predicted octanol–water partition coefficient (Wildman–Crippen LogP) is 2.51. The highest BCUT2D eigenvalue weighted by molar-refractivity contribution is 7.86. The third-order valence-electron chi connectivity index (χ3n) is 2.01. The summed E-state index contributed by atoms with van der Waals surface area (Å²) in [5.41, 5.74) is 0.925. The fourth-order valence-corrected chi connectivity index (χ4v) is 3.29. The van der Waals surface area contributed by atoms with Gasteiger partial charge in [0, 0.05) is 0 Å². The number of benzene rings is 1. The number of aromatic nitrogens is 2. The molecule has 7 heteroatoms. The van der Waals surface area contributed by atoms with E-state index in [1.807, 2.05) is 24.3 Å². The lowest BCUT2D eigenvalue weighted by Crippen LogP contribution is -1.96. The number of ether oxygens (including phenoxy) is 1. The molecule has 0 radical (unpaired) electrons. The molecule has 1 atom stereocenters. The molecule has 0 aliphatic carbocycles. The van der Waals surface area contributed by atoms with Crippen LogP contribution in [0.25, 0.3) is 0 Å². The molecule has 1 heterocycles. The van der Waals surface area contributed by atoms with Crippen LogP contribution in [0.3, 0.4) is 0 Å². The molecule has 17 heavy (non-hydrogen) atoms. The minimum absolute atomic E-state index is 0.143.